The average molecular weight is 353 g/mol. The van der Waals surface area contributed by atoms with Gasteiger partial charge in [0, 0.05) is 18.2 Å². The van der Waals surface area contributed by atoms with Crippen LogP contribution in [0, 0.1) is 0 Å². The number of nitrogen functional groups attached to an aromatic ring is 1. The van der Waals surface area contributed by atoms with Crippen LogP contribution in [0.5, 0.6) is 0 Å². The van der Waals surface area contributed by atoms with Crippen molar-refractivity contribution in [3.05, 3.63) is 54.1 Å². The molecule has 1 aliphatic heterocycles. The van der Waals surface area contributed by atoms with E-state index in [0.717, 1.165) is 0 Å². The highest BCUT2D eigenvalue weighted by Crippen LogP contribution is 2.31. The first-order chi connectivity index (χ1) is 12.5. The first-order valence-corrected chi connectivity index (χ1v) is 8.19. The number of fused-ring (bicyclic) bond motifs is 1. The quantitative estimate of drug-likeness (QED) is 0.650. The molecule has 0 aliphatic carbocycles. The minimum absolute atomic E-state index is 0.159. The number of benzene rings is 2. The van der Waals surface area contributed by atoms with Gasteiger partial charge in [0.2, 0.25) is 5.91 Å². The van der Waals surface area contributed by atoms with Crippen molar-refractivity contribution in [3.8, 4) is 0 Å². The highest BCUT2D eigenvalue weighted by molar-refractivity contribution is 6.05. The molecule has 3 rings (SSSR count). The molecule has 0 saturated carbocycles. The number of anilines is 3. The fourth-order valence-electron chi connectivity index (χ4n) is 2.87. The molecule has 2 amide bonds. The molecule has 2 aromatic rings. The van der Waals surface area contributed by atoms with Crippen molar-refractivity contribution >= 4 is 34.8 Å². The lowest BCUT2D eigenvalue weighted by molar-refractivity contribution is -0.122. The van der Waals surface area contributed by atoms with Gasteiger partial charge in [0.05, 0.1) is 16.9 Å². The van der Waals surface area contributed by atoms with Gasteiger partial charge in [0.25, 0.3) is 5.91 Å². The van der Waals surface area contributed by atoms with E-state index in [0.29, 0.717) is 22.6 Å². The van der Waals surface area contributed by atoms with Crippen molar-refractivity contribution < 1.29 is 19.1 Å². The van der Waals surface area contributed by atoms with E-state index < -0.39 is 18.5 Å². The third-order valence-corrected chi connectivity index (χ3v) is 4.10. The predicted octanol–water partition coefficient (Wildman–Crippen LogP) is 2.19. The number of rotatable bonds is 3. The van der Waals surface area contributed by atoms with Crippen LogP contribution >= 0.6 is 0 Å². The fraction of sp³-hybridized carbons (Fsp3) is 0.211. The number of esters is 1. The topological polar surface area (TPSA) is 102 Å². The van der Waals surface area contributed by atoms with Gasteiger partial charge in [-0.25, -0.2) is 4.79 Å². The highest BCUT2D eigenvalue weighted by atomic mass is 16.5. The van der Waals surface area contributed by atoms with Crippen molar-refractivity contribution in [1.82, 2.24) is 0 Å². The van der Waals surface area contributed by atoms with Gasteiger partial charge in [0.15, 0.2) is 6.61 Å². The summed E-state index contributed by atoms with van der Waals surface area (Å²) in [6, 6.07) is 12.9. The van der Waals surface area contributed by atoms with Crippen LogP contribution in [0.1, 0.15) is 23.7 Å². The third kappa shape index (κ3) is 3.66. The summed E-state index contributed by atoms with van der Waals surface area (Å²) in [6.45, 7) is 1.36. The minimum atomic E-state index is -0.608. The maximum atomic E-state index is 12.7. The van der Waals surface area contributed by atoms with E-state index in [9.17, 15) is 14.4 Å². The molecule has 0 aromatic heterocycles. The van der Waals surface area contributed by atoms with Gasteiger partial charge in [-0.1, -0.05) is 12.1 Å². The van der Waals surface area contributed by atoms with Gasteiger partial charge < -0.3 is 20.7 Å². The first kappa shape index (κ1) is 17.5. The highest BCUT2D eigenvalue weighted by Gasteiger charge is 2.30. The molecular formula is C19H19N3O4. The zero-order valence-electron chi connectivity index (χ0n) is 14.3. The van der Waals surface area contributed by atoms with Crippen LogP contribution in [-0.2, 0) is 14.3 Å². The smallest absolute Gasteiger partial charge is 0.338 e. The molecule has 7 nitrogen and oxygen atoms in total. The molecule has 0 spiro atoms. The van der Waals surface area contributed by atoms with Crippen molar-refractivity contribution in [2.24, 2.45) is 0 Å². The Morgan fingerprint density at radius 3 is 2.62 bits per heavy atom. The lowest BCUT2D eigenvalue weighted by Crippen LogP contribution is -2.41. The standard InChI is InChI=1S/C19H19N3O4/c1-12-10-17(23)21-15-4-2-3-5-16(15)22(12)18(24)11-26-19(25)13-6-8-14(20)9-7-13/h2-9,12H,10-11,20H2,1H3,(H,21,23)/t12-/m0/s1. The van der Waals surface area contributed by atoms with E-state index in [1.165, 1.54) is 17.0 Å². The lowest BCUT2D eigenvalue weighted by atomic mass is 10.1. The molecule has 2 aromatic carbocycles. The summed E-state index contributed by atoms with van der Waals surface area (Å²) in [5.74, 6) is -1.17. The van der Waals surface area contributed by atoms with Crippen molar-refractivity contribution in [2.45, 2.75) is 19.4 Å². The monoisotopic (exact) mass is 353 g/mol. The van der Waals surface area contributed by atoms with E-state index in [1.54, 1.807) is 43.3 Å². The van der Waals surface area contributed by atoms with Crippen LogP contribution in [0.4, 0.5) is 17.1 Å². The Morgan fingerprint density at radius 2 is 1.88 bits per heavy atom. The zero-order chi connectivity index (χ0) is 18.7. The maximum absolute atomic E-state index is 12.7. The van der Waals surface area contributed by atoms with Gasteiger partial charge in [0.1, 0.15) is 0 Å². The first-order valence-electron chi connectivity index (χ1n) is 8.19. The molecule has 3 N–H and O–H groups in total. The second-order valence-electron chi connectivity index (χ2n) is 6.08. The van der Waals surface area contributed by atoms with Crippen LogP contribution in [0.15, 0.2) is 48.5 Å². The zero-order valence-corrected chi connectivity index (χ0v) is 14.3. The van der Waals surface area contributed by atoms with E-state index in [1.807, 2.05) is 0 Å². The summed E-state index contributed by atoms with van der Waals surface area (Å²) in [6.07, 6.45) is 0.159. The Balaban J connectivity index is 1.75. The lowest BCUT2D eigenvalue weighted by Gasteiger charge is -2.27. The Morgan fingerprint density at radius 1 is 1.19 bits per heavy atom. The van der Waals surface area contributed by atoms with Crippen LogP contribution in [0.2, 0.25) is 0 Å². The number of carbonyl (C=O) groups is 3. The van der Waals surface area contributed by atoms with Crippen molar-refractivity contribution in [3.63, 3.8) is 0 Å². The summed E-state index contributed by atoms with van der Waals surface area (Å²) in [4.78, 5) is 38.2. The van der Waals surface area contributed by atoms with Crippen molar-refractivity contribution in [1.29, 1.82) is 0 Å². The SMILES string of the molecule is C[C@H]1CC(=O)Nc2ccccc2N1C(=O)COC(=O)c1ccc(N)cc1. The molecule has 1 aliphatic rings. The summed E-state index contributed by atoms with van der Waals surface area (Å²) in [7, 11) is 0. The average Bonchev–Trinajstić information content (AvgIpc) is 2.74. The molecule has 0 radical (unpaired) electrons. The molecule has 0 fully saturated rings. The second kappa shape index (κ2) is 7.26. The molecule has 1 heterocycles. The normalized spacial score (nSPS) is 16.3. The number of para-hydroxylation sites is 2. The number of hydrogen-bond acceptors (Lipinski definition) is 5. The van der Waals surface area contributed by atoms with E-state index in [4.69, 9.17) is 10.5 Å². The van der Waals surface area contributed by atoms with Crippen molar-refractivity contribution in [2.75, 3.05) is 22.6 Å². The van der Waals surface area contributed by atoms with E-state index in [-0.39, 0.29) is 18.4 Å². The fourth-order valence-corrected chi connectivity index (χ4v) is 2.87. The molecule has 26 heavy (non-hydrogen) atoms. The van der Waals surface area contributed by atoms with Crippen LogP contribution in [-0.4, -0.2) is 30.4 Å². The van der Waals surface area contributed by atoms with E-state index >= 15 is 0 Å². The second-order valence-corrected chi connectivity index (χ2v) is 6.08. The Kier molecular flexibility index (Phi) is 4.88. The molecule has 134 valence electrons. The van der Waals surface area contributed by atoms with Gasteiger partial charge >= 0.3 is 5.97 Å². The van der Waals surface area contributed by atoms with Gasteiger partial charge in [-0.3, -0.25) is 9.59 Å². The third-order valence-electron chi connectivity index (χ3n) is 4.10. The summed E-state index contributed by atoms with van der Waals surface area (Å²) >= 11 is 0. The summed E-state index contributed by atoms with van der Waals surface area (Å²) in [5.41, 5.74) is 7.57. The number of ether oxygens (including phenoxy) is 1. The Hall–Kier alpha value is -3.35. The Labute approximate surface area is 150 Å². The van der Waals surface area contributed by atoms with Gasteiger partial charge in [-0.2, -0.15) is 0 Å². The van der Waals surface area contributed by atoms with Crippen LogP contribution < -0.4 is 16.0 Å². The molecule has 7 heteroatoms. The molecule has 1 atom stereocenters. The van der Waals surface area contributed by atoms with Crippen LogP contribution in [0.25, 0.3) is 0 Å². The molecule has 0 bridgehead atoms. The summed E-state index contributed by atoms with van der Waals surface area (Å²) < 4.78 is 5.14. The summed E-state index contributed by atoms with van der Waals surface area (Å²) in [5, 5.41) is 2.78. The number of amides is 2. The van der Waals surface area contributed by atoms with E-state index in [2.05, 4.69) is 5.32 Å². The minimum Gasteiger partial charge on any atom is -0.452 e. The van der Waals surface area contributed by atoms with Gasteiger partial charge in [-0.05, 0) is 43.3 Å². The number of nitrogens with zero attached hydrogens (tertiary/aromatic N) is 1. The number of nitrogens with two attached hydrogens (primary N) is 1. The number of carbonyl (C=O) groups excluding carboxylic acids is 3. The van der Waals surface area contributed by atoms with Crippen LogP contribution in [0.3, 0.4) is 0 Å². The Bertz CT molecular complexity index is 848. The molecule has 0 saturated heterocycles. The largest absolute Gasteiger partial charge is 0.452 e. The maximum Gasteiger partial charge on any atom is 0.338 e. The van der Waals surface area contributed by atoms with Gasteiger partial charge in [-0.15, -0.1) is 0 Å². The molecule has 0 unspecified atom stereocenters. The number of nitrogens with one attached hydrogen (secondary N) is 1. The number of hydrogen-bond donors (Lipinski definition) is 2. The predicted molar refractivity (Wildman–Crippen MR) is 97.8 cm³/mol. The molecular weight excluding hydrogens is 334 g/mol.